The Kier molecular flexibility index (Phi) is 7.44. The van der Waals surface area contributed by atoms with Crippen molar-refractivity contribution < 1.29 is 28.7 Å². The lowest BCUT2D eigenvalue weighted by Crippen LogP contribution is -2.46. The molecule has 1 aliphatic heterocycles. The van der Waals surface area contributed by atoms with E-state index in [9.17, 15) is 19.2 Å². The number of carbonyl (C=O) groups excluding carboxylic acids is 4. The Hall–Kier alpha value is -4.46. The molecule has 8 nitrogen and oxygen atoms in total. The van der Waals surface area contributed by atoms with Crippen LogP contribution in [-0.2, 0) is 25.7 Å². The van der Waals surface area contributed by atoms with Crippen LogP contribution in [0.15, 0.2) is 78.9 Å². The van der Waals surface area contributed by atoms with E-state index in [0.717, 1.165) is 16.0 Å². The highest BCUT2D eigenvalue weighted by Crippen LogP contribution is 2.27. The van der Waals surface area contributed by atoms with Gasteiger partial charge in [0.15, 0.2) is 6.61 Å². The van der Waals surface area contributed by atoms with Crippen molar-refractivity contribution in [3.05, 3.63) is 95.6 Å². The van der Waals surface area contributed by atoms with Gasteiger partial charge in [0, 0.05) is 6.54 Å². The van der Waals surface area contributed by atoms with E-state index in [4.69, 9.17) is 9.47 Å². The van der Waals surface area contributed by atoms with E-state index in [0.29, 0.717) is 17.0 Å². The normalized spacial score (nSPS) is 15.1. The van der Waals surface area contributed by atoms with Gasteiger partial charge in [-0.15, -0.1) is 0 Å². The standard InChI is InChI=1S/C28H26N2O6/c1-19-8-10-20(11-9-19)17-29(26(32)18-36-23-6-4-3-5-7-23)24-16-25(31)30(27(24)33)22-14-12-21(13-15-22)28(34)35-2/h3-15,24H,16-18H2,1-2H3. The minimum Gasteiger partial charge on any atom is -0.484 e. The number of methoxy groups -OCH3 is 1. The van der Waals surface area contributed by atoms with Crippen molar-refractivity contribution in [1.29, 1.82) is 0 Å². The first-order valence-electron chi connectivity index (χ1n) is 11.5. The molecule has 3 aromatic rings. The second kappa shape index (κ2) is 10.9. The molecule has 36 heavy (non-hydrogen) atoms. The molecule has 0 aliphatic carbocycles. The van der Waals surface area contributed by atoms with Crippen molar-refractivity contribution in [2.24, 2.45) is 0 Å². The number of esters is 1. The number of hydrogen-bond acceptors (Lipinski definition) is 6. The molecule has 1 atom stereocenters. The molecule has 3 aromatic carbocycles. The van der Waals surface area contributed by atoms with Crippen LogP contribution in [0.2, 0.25) is 0 Å². The summed E-state index contributed by atoms with van der Waals surface area (Å²) in [5.41, 5.74) is 2.52. The molecule has 1 heterocycles. The van der Waals surface area contributed by atoms with Crippen molar-refractivity contribution in [2.75, 3.05) is 18.6 Å². The molecule has 1 aliphatic rings. The second-order valence-corrected chi connectivity index (χ2v) is 8.43. The van der Waals surface area contributed by atoms with E-state index in [1.165, 1.54) is 36.3 Å². The minimum atomic E-state index is -0.981. The van der Waals surface area contributed by atoms with E-state index < -0.39 is 29.7 Å². The molecule has 1 unspecified atom stereocenters. The number of aryl methyl sites for hydroxylation is 1. The second-order valence-electron chi connectivity index (χ2n) is 8.43. The lowest BCUT2D eigenvalue weighted by atomic mass is 10.1. The summed E-state index contributed by atoms with van der Waals surface area (Å²) in [5.74, 6) is -1.34. The number of carbonyl (C=O) groups is 4. The van der Waals surface area contributed by atoms with Crippen LogP contribution in [0.3, 0.4) is 0 Å². The number of para-hydroxylation sites is 1. The fourth-order valence-electron chi connectivity index (χ4n) is 4.00. The number of ether oxygens (including phenoxy) is 2. The molecule has 184 valence electrons. The number of rotatable bonds is 8. The van der Waals surface area contributed by atoms with Gasteiger partial charge in [0.25, 0.3) is 11.8 Å². The molecule has 1 fully saturated rings. The topological polar surface area (TPSA) is 93.2 Å². The van der Waals surface area contributed by atoms with Gasteiger partial charge < -0.3 is 14.4 Å². The third kappa shape index (κ3) is 5.43. The van der Waals surface area contributed by atoms with Gasteiger partial charge in [-0.1, -0.05) is 48.0 Å². The largest absolute Gasteiger partial charge is 0.484 e. The first-order valence-corrected chi connectivity index (χ1v) is 11.5. The van der Waals surface area contributed by atoms with Gasteiger partial charge in [0.2, 0.25) is 5.91 Å². The number of anilines is 1. The highest BCUT2D eigenvalue weighted by molar-refractivity contribution is 6.23. The van der Waals surface area contributed by atoms with E-state index in [1.54, 1.807) is 24.3 Å². The van der Waals surface area contributed by atoms with Crippen LogP contribution in [0.25, 0.3) is 0 Å². The molecule has 8 heteroatoms. The van der Waals surface area contributed by atoms with Crippen LogP contribution < -0.4 is 9.64 Å². The maximum Gasteiger partial charge on any atom is 0.337 e. The van der Waals surface area contributed by atoms with Crippen LogP contribution in [0.5, 0.6) is 5.75 Å². The Balaban J connectivity index is 1.57. The average molecular weight is 487 g/mol. The summed E-state index contributed by atoms with van der Waals surface area (Å²) in [6.45, 7) is 1.83. The van der Waals surface area contributed by atoms with Gasteiger partial charge in [0.1, 0.15) is 11.8 Å². The summed E-state index contributed by atoms with van der Waals surface area (Å²) in [5, 5.41) is 0. The molecule has 1 saturated heterocycles. The van der Waals surface area contributed by atoms with Crippen molar-refractivity contribution >= 4 is 29.4 Å². The summed E-state index contributed by atoms with van der Waals surface area (Å²) in [4.78, 5) is 53.8. The highest BCUT2D eigenvalue weighted by atomic mass is 16.5. The first kappa shape index (κ1) is 24.7. The first-order chi connectivity index (χ1) is 17.4. The predicted molar refractivity (Wildman–Crippen MR) is 132 cm³/mol. The molecule has 0 bridgehead atoms. The van der Waals surface area contributed by atoms with E-state index in [-0.39, 0.29) is 19.6 Å². The molecule has 0 spiro atoms. The van der Waals surface area contributed by atoms with Gasteiger partial charge in [-0.05, 0) is 48.9 Å². The smallest absolute Gasteiger partial charge is 0.337 e. The van der Waals surface area contributed by atoms with E-state index >= 15 is 0 Å². The van der Waals surface area contributed by atoms with E-state index in [2.05, 4.69) is 0 Å². The number of benzene rings is 3. The lowest BCUT2D eigenvalue weighted by Gasteiger charge is -2.28. The molecule has 0 saturated carbocycles. The van der Waals surface area contributed by atoms with Crippen molar-refractivity contribution in [3.63, 3.8) is 0 Å². The van der Waals surface area contributed by atoms with Crippen molar-refractivity contribution in [2.45, 2.75) is 25.9 Å². The van der Waals surface area contributed by atoms with Gasteiger partial charge in [-0.3, -0.25) is 14.4 Å². The van der Waals surface area contributed by atoms with Gasteiger partial charge >= 0.3 is 5.97 Å². The Morgan fingerprint density at radius 3 is 2.25 bits per heavy atom. The minimum absolute atomic E-state index is 0.149. The summed E-state index contributed by atoms with van der Waals surface area (Å²) < 4.78 is 10.3. The molecule has 0 aromatic heterocycles. The third-order valence-corrected chi connectivity index (χ3v) is 5.95. The zero-order valence-corrected chi connectivity index (χ0v) is 20.0. The SMILES string of the molecule is COC(=O)c1ccc(N2C(=O)CC(N(Cc3ccc(C)cc3)C(=O)COc3ccccc3)C2=O)cc1. The average Bonchev–Trinajstić information content (AvgIpc) is 3.20. The number of imide groups is 1. The predicted octanol–water partition coefficient (Wildman–Crippen LogP) is 3.52. The summed E-state index contributed by atoms with van der Waals surface area (Å²) >= 11 is 0. The van der Waals surface area contributed by atoms with Crippen LogP contribution in [0.1, 0.15) is 27.9 Å². The fraction of sp³-hybridized carbons (Fsp3) is 0.214. The zero-order valence-electron chi connectivity index (χ0n) is 20.0. The molecular weight excluding hydrogens is 460 g/mol. The van der Waals surface area contributed by atoms with Gasteiger partial charge in [-0.2, -0.15) is 0 Å². The summed E-state index contributed by atoms with van der Waals surface area (Å²) in [6, 6.07) is 21.5. The van der Waals surface area contributed by atoms with E-state index in [1.807, 2.05) is 37.3 Å². The van der Waals surface area contributed by atoms with Crippen molar-refractivity contribution in [1.82, 2.24) is 4.90 Å². The van der Waals surface area contributed by atoms with Crippen molar-refractivity contribution in [3.8, 4) is 5.75 Å². The molecular formula is C28H26N2O6. The zero-order chi connectivity index (χ0) is 25.7. The van der Waals surface area contributed by atoms with Crippen LogP contribution >= 0.6 is 0 Å². The molecule has 3 amide bonds. The quantitative estimate of drug-likeness (QED) is 0.357. The Morgan fingerprint density at radius 2 is 1.61 bits per heavy atom. The van der Waals surface area contributed by atoms with Crippen LogP contribution in [0.4, 0.5) is 5.69 Å². The maximum atomic E-state index is 13.4. The Morgan fingerprint density at radius 1 is 0.944 bits per heavy atom. The fourth-order valence-corrected chi connectivity index (χ4v) is 4.00. The Bertz CT molecular complexity index is 1260. The monoisotopic (exact) mass is 486 g/mol. The molecule has 4 rings (SSSR count). The number of hydrogen-bond donors (Lipinski definition) is 0. The van der Waals surface area contributed by atoms with Crippen LogP contribution in [-0.4, -0.2) is 48.3 Å². The molecule has 0 N–H and O–H groups in total. The summed E-state index contributed by atoms with van der Waals surface area (Å²) in [6.07, 6.45) is -0.152. The molecule has 0 radical (unpaired) electrons. The van der Waals surface area contributed by atoms with Crippen LogP contribution in [0, 0.1) is 6.92 Å². The number of amides is 3. The summed E-state index contributed by atoms with van der Waals surface area (Å²) in [7, 11) is 1.27. The third-order valence-electron chi connectivity index (χ3n) is 5.95. The lowest BCUT2D eigenvalue weighted by molar-refractivity contribution is -0.140. The Labute approximate surface area is 209 Å². The number of nitrogens with zero attached hydrogens (tertiary/aromatic N) is 2. The highest BCUT2D eigenvalue weighted by Gasteiger charge is 2.44. The maximum absolute atomic E-state index is 13.4. The van der Waals surface area contributed by atoms with Gasteiger partial charge in [-0.25, -0.2) is 9.69 Å². The van der Waals surface area contributed by atoms with Gasteiger partial charge in [0.05, 0.1) is 24.8 Å².